The molecule has 3 heterocycles. The van der Waals surface area contributed by atoms with E-state index in [1.54, 1.807) is 6.07 Å². The van der Waals surface area contributed by atoms with Crippen molar-refractivity contribution < 1.29 is 26.4 Å². The Bertz CT molecular complexity index is 939. The van der Waals surface area contributed by atoms with Crippen molar-refractivity contribution in [3.8, 4) is 0 Å². The molecule has 1 saturated heterocycles. The summed E-state index contributed by atoms with van der Waals surface area (Å²) in [5.74, 6) is -1.06. The van der Waals surface area contributed by atoms with E-state index in [2.05, 4.69) is 20.6 Å². The monoisotopic (exact) mass is 434 g/mol. The normalized spacial score (nSPS) is 16.9. The first kappa shape index (κ1) is 21.1. The summed E-state index contributed by atoms with van der Waals surface area (Å²) in [6, 6.07) is 1.21. The molecule has 1 aliphatic heterocycles. The van der Waals surface area contributed by atoms with Crippen molar-refractivity contribution in [2.45, 2.75) is 30.3 Å². The van der Waals surface area contributed by atoms with Crippen molar-refractivity contribution in [1.82, 2.24) is 24.9 Å². The molecule has 13 heteroatoms. The molecule has 1 atom stereocenters. The molecule has 0 radical (unpaired) electrons. The van der Waals surface area contributed by atoms with Crippen LogP contribution in [0.4, 0.5) is 23.8 Å². The molecule has 0 aliphatic carbocycles. The quantitative estimate of drug-likeness (QED) is 0.723. The minimum absolute atomic E-state index is 0.250. The van der Waals surface area contributed by atoms with Crippen LogP contribution in [-0.2, 0) is 16.9 Å². The van der Waals surface area contributed by atoms with Gasteiger partial charge in [0.15, 0.2) is 9.84 Å². The van der Waals surface area contributed by atoms with Gasteiger partial charge >= 0.3 is 6.03 Å². The molecule has 3 rings (SSSR count). The zero-order valence-electron chi connectivity index (χ0n) is 15.6. The third kappa shape index (κ3) is 4.89. The minimum atomic E-state index is -4.27. The highest BCUT2D eigenvalue weighted by molar-refractivity contribution is 7.91. The minimum Gasteiger partial charge on any atom is -0.324 e. The second-order valence-electron chi connectivity index (χ2n) is 6.88. The summed E-state index contributed by atoms with van der Waals surface area (Å²) >= 11 is 0. The number of piperidine rings is 1. The van der Waals surface area contributed by atoms with Crippen LogP contribution in [0.2, 0.25) is 0 Å². The number of aromatic nitrogens is 4. The van der Waals surface area contributed by atoms with E-state index in [9.17, 15) is 26.4 Å². The number of hydrogen-bond donors (Lipinski definition) is 2. The predicted octanol–water partition coefficient (Wildman–Crippen LogP) is 2.14. The van der Waals surface area contributed by atoms with Crippen LogP contribution >= 0.6 is 0 Å². The highest BCUT2D eigenvalue weighted by atomic mass is 32.2. The van der Waals surface area contributed by atoms with Crippen LogP contribution in [0, 0.1) is 5.92 Å². The van der Waals surface area contributed by atoms with Gasteiger partial charge in [-0.1, -0.05) is 0 Å². The van der Waals surface area contributed by atoms with Gasteiger partial charge in [0.1, 0.15) is 22.6 Å². The second kappa shape index (κ2) is 8.43. The maximum atomic E-state index is 14.7. The first-order valence-electron chi connectivity index (χ1n) is 8.91. The van der Waals surface area contributed by atoms with Crippen LogP contribution in [0.25, 0.3) is 0 Å². The summed E-state index contributed by atoms with van der Waals surface area (Å²) in [5.41, 5.74) is -0.870. The summed E-state index contributed by atoms with van der Waals surface area (Å²) < 4.78 is 66.7. The number of likely N-dealkylation sites (tertiary alicyclic amines) is 1. The molecular weight excluding hydrogens is 413 g/mol. The van der Waals surface area contributed by atoms with Gasteiger partial charge in [-0.25, -0.2) is 26.4 Å². The molecule has 160 valence electrons. The van der Waals surface area contributed by atoms with Crippen molar-refractivity contribution >= 4 is 21.7 Å². The fourth-order valence-electron chi connectivity index (χ4n) is 3.29. The predicted molar refractivity (Wildman–Crippen MR) is 97.0 cm³/mol. The van der Waals surface area contributed by atoms with Gasteiger partial charge in [0.25, 0.3) is 6.43 Å². The summed E-state index contributed by atoms with van der Waals surface area (Å²) in [6.07, 6.45) is -1.83. The molecule has 1 aliphatic rings. The zero-order valence-corrected chi connectivity index (χ0v) is 16.4. The molecule has 2 amide bonds. The highest BCUT2D eigenvalue weighted by Crippen LogP contribution is 2.29. The third-order valence-electron chi connectivity index (χ3n) is 4.82. The van der Waals surface area contributed by atoms with Crippen molar-refractivity contribution in [2.24, 2.45) is 13.0 Å². The Kier molecular flexibility index (Phi) is 6.15. The van der Waals surface area contributed by atoms with Gasteiger partial charge in [-0.3, -0.25) is 15.1 Å². The maximum absolute atomic E-state index is 14.7. The topological polar surface area (TPSA) is 113 Å². The van der Waals surface area contributed by atoms with Gasteiger partial charge in [-0.15, -0.1) is 0 Å². The summed E-state index contributed by atoms with van der Waals surface area (Å²) in [4.78, 5) is 13.0. The molecule has 1 fully saturated rings. The lowest BCUT2D eigenvalue weighted by molar-refractivity contribution is 0.141. The standard InChI is InChI=1S/C16H21F3N6O3S/c1-24-8-12(14(23-24)15(18)19)29(27,28)9-11(17)10-3-6-25(7-4-10)16(26)21-13-2-5-20-22-13/h2,5,8,10-11,15H,3-4,6-7,9H2,1H3,(H2,20,21,22,26). The van der Waals surface area contributed by atoms with Crippen molar-refractivity contribution in [1.29, 1.82) is 0 Å². The first-order chi connectivity index (χ1) is 13.7. The molecule has 0 aromatic carbocycles. The average molecular weight is 434 g/mol. The Labute approximate surface area is 165 Å². The Morgan fingerprint density at radius 3 is 2.62 bits per heavy atom. The SMILES string of the molecule is Cn1cc(S(=O)(=O)CC(F)C2CCN(C(=O)Nc3ccn[nH]3)CC2)c(C(F)F)n1. The third-order valence-corrected chi connectivity index (χ3v) is 6.57. The largest absolute Gasteiger partial charge is 0.324 e. The number of urea groups is 1. The summed E-state index contributed by atoms with van der Waals surface area (Å²) in [6.45, 7) is 0.501. The van der Waals surface area contributed by atoms with Crippen LogP contribution in [0.1, 0.15) is 25.0 Å². The van der Waals surface area contributed by atoms with E-state index >= 15 is 0 Å². The number of nitrogens with one attached hydrogen (secondary N) is 2. The molecule has 2 aromatic heterocycles. The number of rotatable bonds is 6. The lowest BCUT2D eigenvalue weighted by Crippen LogP contribution is -2.43. The van der Waals surface area contributed by atoms with Crippen LogP contribution in [0.15, 0.2) is 23.4 Å². The van der Waals surface area contributed by atoms with Crippen LogP contribution in [0.5, 0.6) is 0 Å². The molecular formula is C16H21F3N6O3S. The number of sulfone groups is 1. The number of amides is 2. The summed E-state index contributed by atoms with van der Waals surface area (Å²) in [7, 11) is -2.95. The van der Waals surface area contributed by atoms with E-state index < -0.39 is 44.7 Å². The average Bonchev–Trinajstić information content (AvgIpc) is 3.31. The molecule has 0 spiro atoms. The molecule has 0 bridgehead atoms. The van der Waals surface area contributed by atoms with Crippen LogP contribution in [0.3, 0.4) is 0 Å². The van der Waals surface area contributed by atoms with Gasteiger partial charge in [-0.05, 0) is 18.8 Å². The Balaban J connectivity index is 1.58. The van der Waals surface area contributed by atoms with Crippen LogP contribution in [-0.4, -0.2) is 64.3 Å². The van der Waals surface area contributed by atoms with Crippen LogP contribution < -0.4 is 5.32 Å². The number of aryl methyl sites for hydroxylation is 1. The van der Waals surface area contributed by atoms with Crippen molar-refractivity contribution in [3.63, 3.8) is 0 Å². The van der Waals surface area contributed by atoms with Gasteiger partial charge in [-0.2, -0.15) is 10.2 Å². The van der Waals surface area contributed by atoms with E-state index in [0.717, 1.165) is 10.9 Å². The molecule has 0 saturated carbocycles. The van der Waals surface area contributed by atoms with E-state index in [4.69, 9.17) is 0 Å². The van der Waals surface area contributed by atoms with Crippen molar-refractivity contribution in [2.75, 3.05) is 24.2 Å². The van der Waals surface area contributed by atoms with Crippen molar-refractivity contribution in [3.05, 3.63) is 24.2 Å². The van der Waals surface area contributed by atoms with Gasteiger partial charge in [0.2, 0.25) is 0 Å². The molecule has 2 aromatic rings. The van der Waals surface area contributed by atoms with E-state index in [1.165, 1.54) is 18.1 Å². The molecule has 9 nitrogen and oxygen atoms in total. The second-order valence-corrected chi connectivity index (χ2v) is 8.88. The summed E-state index contributed by atoms with van der Waals surface area (Å²) in [5, 5.41) is 12.4. The zero-order chi connectivity index (χ0) is 21.2. The number of carbonyl (C=O) groups excluding carboxylic acids is 1. The van der Waals surface area contributed by atoms with Gasteiger partial charge in [0, 0.05) is 32.4 Å². The first-order valence-corrected chi connectivity index (χ1v) is 10.6. The number of H-pyrrole nitrogens is 1. The lowest BCUT2D eigenvalue weighted by Gasteiger charge is -2.33. The van der Waals surface area contributed by atoms with Gasteiger partial charge in [0.05, 0.1) is 11.9 Å². The number of nitrogens with zero attached hydrogens (tertiary/aromatic N) is 4. The Morgan fingerprint density at radius 2 is 2.03 bits per heavy atom. The lowest BCUT2D eigenvalue weighted by atomic mass is 9.93. The number of hydrogen-bond acceptors (Lipinski definition) is 5. The Hall–Kier alpha value is -2.57. The maximum Gasteiger partial charge on any atom is 0.322 e. The smallest absolute Gasteiger partial charge is 0.322 e. The van der Waals surface area contributed by atoms with E-state index in [-0.39, 0.29) is 32.0 Å². The number of alkyl halides is 3. The number of halogens is 3. The Morgan fingerprint density at radius 1 is 1.34 bits per heavy atom. The van der Waals surface area contributed by atoms with E-state index in [0.29, 0.717) is 5.82 Å². The molecule has 2 N–H and O–H groups in total. The molecule has 1 unspecified atom stereocenters. The highest BCUT2D eigenvalue weighted by Gasteiger charge is 2.35. The van der Waals surface area contributed by atoms with Gasteiger partial charge < -0.3 is 4.90 Å². The number of carbonyl (C=O) groups is 1. The molecule has 29 heavy (non-hydrogen) atoms. The number of anilines is 1. The number of aromatic amines is 1. The fourth-order valence-corrected chi connectivity index (χ4v) is 4.93. The fraction of sp³-hybridized carbons (Fsp3) is 0.562. The van der Waals surface area contributed by atoms with E-state index in [1.807, 2.05) is 0 Å².